The van der Waals surface area contributed by atoms with Gasteiger partial charge in [-0.1, -0.05) is 32.0 Å². The van der Waals surface area contributed by atoms with Crippen molar-refractivity contribution < 1.29 is 14.0 Å². The van der Waals surface area contributed by atoms with Crippen LogP contribution in [0.3, 0.4) is 0 Å². The van der Waals surface area contributed by atoms with E-state index in [0.717, 1.165) is 24.0 Å². The van der Waals surface area contributed by atoms with Crippen LogP contribution < -0.4 is 0 Å². The Morgan fingerprint density at radius 2 is 1.97 bits per heavy atom. The van der Waals surface area contributed by atoms with Crippen molar-refractivity contribution in [2.24, 2.45) is 5.92 Å². The predicted octanol–water partition coefficient (Wildman–Crippen LogP) is 3.44. The predicted molar refractivity (Wildman–Crippen MR) is 109 cm³/mol. The second-order valence-electron chi connectivity index (χ2n) is 7.92. The van der Waals surface area contributed by atoms with E-state index >= 15 is 0 Å². The number of carbonyl (C=O) groups is 2. The van der Waals surface area contributed by atoms with Crippen molar-refractivity contribution >= 4 is 11.8 Å². The number of likely N-dealkylation sites (tertiary alicyclic amines) is 1. The maximum atomic E-state index is 13.1. The van der Waals surface area contributed by atoms with E-state index in [4.69, 9.17) is 0 Å². The summed E-state index contributed by atoms with van der Waals surface area (Å²) in [7, 11) is 0. The molecular weight excluding hydrogens is 369 g/mol. The zero-order valence-electron chi connectivity index (χ0n) is 17.1. The van der Waals surface area contributed by atoms with Crippen LogP contribution in [-0.2, 0) is 22.6 Å². The Kier molecular flexibility index (Phi) is 6.96. The van der Waals surface area contributed by atoms with Crippen LogP contribution in [0.2, 0.25) is 0 Å². The fourth-order valence-corrected chi connectivity index (χ4v) is 3.73. The van der Waals surface area contributed by atoms with E-state index in [1.54, 1.807) is 24.5 Å². The molecule has 1 fully saturated rings. The summed E-state index contributed by atoms with van der Waals surface area (Å²) in [6, 6.07) is 9.85. The molecule has 5 nitrogen and oxygen atoms in total. The van der Waals surface area contributed by atoms with Gasteiger partial charge in [0.1, 0.15) is 5.82 Å². The van der Waals surface area contributed by atoms with E-state index in [-0.39, 0.29) is 36.0 Å². The number of pyridine rings is 1. The number of hydrogen-bond donors (Lipinski definition) is 0. The van der Waals surface area contributed by atoms with Crippen LogP contribution >= 0.6 is 0 Å². The van der Waals surface area contributed by atoms with Crippen LogP contribution in [-0.4, -0.2) is 45.7 Å². The van der Waals surface area contributed by atoms with Crippen LogP contribution in [0.25, 0.3) is 0 Å². The third-order valence-corrected chi connectivity index (χ3v) is 5.31. The molecule has 1 atom stereocenters. The van der Waals surface area contributed by atoms with E-state index < -0.39 is 0 Å². The minimum atomic E-state index is -0.308. The van der Waals surface area contributed by atoms with Gasteiger partial charge < -0.3 is 9.80 Å². The summed E-state index contributed by atoms with van der Waals surface area (Å²) in [5.74, 6) is -0.319. The summed E-state index contributed by atoms with van der Waals surface area (Å²) in [6.07, 6.45) is 5.47. The molecule has 2 heterocycles. The summed E-state index contributed by atoms with van der Waals surface area (Å²) < 4.78 is 13.1. The largest absolute Gasteiger partial charge is 0.340 e. The molecule has 0 bridgehead atoms. The number of nitrogens with zero attached hydrogens (tertiary/aromatic N) is 3. The third kappa shape index (κ3) is 5.62. The third-order valence-electron chi connectivity index (χ3n) is 5.31. The zero-order valence-corrected chi connectivity index (χ0v) is 17.1. The highest BCUT2D eigenvalue weighted by molar-refractivity contribution is 5.80. The summed E-state index contributed by atoms with van der Waals surface area (Å²) >= 11 is 0. The maximum absolute atomic E-state index is 13.1. The number of benzene rings is 1. The quantitative estimate of drug-likeness (QED) is 0.750. The van der Waals surface area contributed by atoms with Gasteiger partial charge in [-0.3, -0.25) is 14.6 Å². The maximum Gasteiger partial charge on any atom is 0.227 e. The van der Waals surface area contributed by atoms with Gasteiger partial charge in [0.25, 0.3) is 0 Å². The lowest BCUT2D eigenvalue weighted by molar-refractivity contribution is -0.142. The van der Waals surface area contributed by atoms with E-state index in [9.17, 15) is 14.0 Å². The molecule has 0 aliphatic carbocycles. The molecule has 1 aromatic heterocycles. The van der Waals surface area contributed by atoms with Gasteiger partial charge in [-0.2, -0.15) is 0 Å². The average molecular weight is 397 g/mol. The topological polar surface area (TPSA) is 53.5 Å². The summed E-state index contributed by atoms with van der Waals surface area (Å²) in [5, 5.41) is 0. The van der Waals surface area contributed by atoms with E-state index in [2.05, 4.69) is 4.98 Å². The minimum absolute atomic E-state index is 0.0135. The second kappa shape index (κ2) is 9.63. The lowest BCUT2D eigenvalue weighted by Crippen LogP contribution is -2.52. The molecule has 0 N–H and O–H groups in total. The fourth-order valence-electron chi connectivity index (χ4n) is 3.73. The fraction of sp³-hybridized carbons (Fsp3) is 0.435. The Balaban J connectivity index is 1.70. The van der Waals surface area contributed by atoms with Crippen molar-refractivity contribution in [3.8, 4) is 0 Å². The molecule has 154 valence electrons. The Bertz CT molecular complexity index is 824. The first-order valence-electron chi connectivity index (χ1n) is 10.2. The number of hydrogen-bond acceptors (Lipinski definition) is 3. The second-order valence-corrected chi connectivity index (χ2v) is 7.92. The lowest BCUT2D eigenvalue weighted by atomic mass is 10.00. The monoisotopic (exact) mass is 397 g/mol. The van der Waals surface area contributed by atoms with Crippen LogP contribution in [0.5, 0.6) is 0 Å². The Morgan fingerprint density at radius 3 is 2.62 bits per heavy atom. The SMILES string of the molecule is CC(C)C(=O)N(Cc1cccnc1)C1CCCN(C(=O)Cc2ccc(F)cc2)C1. The van der Waals surface area contributed by atoms with Crippen molar-refractivity contribution in [1.29, 1.82) is 0 Å². The lowest BCUT2D eigenvalue weighted by Gasteiger charge is -2.40. The molecule has 29 heavy (non-hydrogen) atoms. The first-order valence-corrected chi connectivity index (χ1v) is 10.2. The summed E-state index contributed by atoms with van der Waals surface area (Å²) in [4.78, 5) is 33.6. The molecule has 1 aromatic carbocycles. The number of amides is 2. The zero-order chi connectivity index (χ0) is 20.8. The Labute approximate surface area is 171 Å². The van der Waals surface area contributed by atoms with Crippen molar-refractivity contribution in [1.82, 2.24) is 14.8 Å². The number of aromatic nitrogens is 1. The van der Waals surface area contributed by atoms with Gasteiger partial charge in [-0.15, -0.1) is 0 Å². The van der Waals surface area contributed by atoms with E-state index in [0.29, 0.717) is 19.6 Å². The highest BCUT2D eigenvalue weighted by Gasteiger charge is 2.31. The molecule has 1 saturated heterocycles. The van der Waals surface area contributed by atoms with Crippen LogP contribution in [0.15, 0.2) is 48.8 Å². The summed E-state index contributed by atoms with van der Waals surface area (Å²) in [6.45, 7) is 5.51. The van der Waals surface area contributed by atoms with Crippen molar-refractivity contribution in [2.45, 2.75) is 45.7 Å². The highest BCUT2D eigenvalue weighted by atomic mass is 19.1. The normalized spacial score (nSPS) is 16.7. The number of piperidine rings is 1. The smallest absolute Gasteiger partial charge is 0.227 e. The molecule has 3 rings (SSSR count). The van der Waals surface area contributed by atoms with Gasteiger partial charge in [-0.25, -0.2) is 4.39 Å². The molecule has 0 saturated carbocycles. The number of halogens is 1. The van der Waals surface area contributed by atoms with Gasteiger partial charge in [0.2, 0.25) is 11.8 Å². The highest BCUT2D eigenvalue weighted by Crippen LogP contribution is 2.21. The molecule has 2 aromatic rings. The summed E-state index contributed by atoms with van der Waals surface area (Å²) in [5.41, 5.74) is 1.78. The van der Waals surface area contributed by atoms with Crippen LogP contribution in [0.4, 0.5) is 4.39 Å². The van der Waals surface area contributed by atoms with Crippen LogP contribution in [0, 0.1) is 11.7 Å². The molecule has 2 amide bonds. The molecular formula is C23H28FN3O2. The molecule has 0 radical (unpaired) electrons. The number of rotatable bonds is 6. The molecule has 0 spiro atoms. The van der Waals surface area contributed by atoms with Crippen molar-refractivity contribution in [2.75, 3.05) is 13.1 Å². The Hall–Kier alpha value is -2.76. The first-order chi connectivity index (χ1) is 13.9. The Morgan fingerprint density at radius 1 is 1.21 bits per heavy atom. The minimum Gasteiger partial charge on any atom is -0.340 e. The average Bonchev–Trinajstić information content (AvgIpc) is 2.74. The molecule has 1 aliphatic heterocycles. The van der Waals surface area contributed by atoms with Crippen LogP contribution in [0.1, 0.15) is 37.8 Å². The van der Waals surface area contributed by atoms with Gasteiger partial charge in [0.15, 0.2) is 0 Å². The number of carbonyl (C=O) groups excluding carboxylic acids is 2. The van der Waals surface area contributed by atoms with Crippen molar-refractivity contribution in [3.05, 3.63) is 65.7 Å². The van der Waals surface area contributed by atoms with E-state index in [1.165, 1.54) is 12.1 Å². The molecule has 1 unspecified atom stereocenters. The van der Waals surface area contributed by atoms with Crippen molar-refractivity contribution in [3.63, 3.8) is 0 Å². The van der Waals surface area contributed by atoms with Gasteiger partial charge in [0.05, 0.1) is 6.42 Å². The van der Waals surface area contributed by atoms with E-state index in [1.807, 2.05) is 35.8 Å². The van der Waals surface area contributed by atoms with Gasteiger partial charge in [0, 0.05) is 44.0 Å². The standard InChI is InChI=1S/C23H28FN3O2/c1-17(2)23(29)27(15-19-5-3-11-25-14-19)21-6-4-12-26(16-21)22(28)13-18-7-9-20(24)10-8-18/h3,5,7-11,14,17,21H,4,6,12-13,15-16H2,1-2H3. The van der Waals surface area contributed by atoms with Gasteiger partial charge >= 0.3 is 0 Å². The first kappa shape index (κ1) is 21.0. The molecule has 1 aliphatic rings. The molecule has 6 heteroatoms. The van der Waals surface area contributed by atoms with Gasteiger partial charge in [-0.05, 0) is 42.2 Å².